The van der Waals surface area contributed by atoms with Gasteiger partial charge in [-0.1, -0.05) is 29.8 Å². The third kappa shape index (κ3) is 5.45. The van der Waals surface area contributed by atoms with Gasteiger partial charge >= 0.3 is 12.1 Å². The minimum Gasteiger partial charge on any atom is -0.480 e. The summed E-state index contributed by atoms with van der Waals surface area (Å²) >= 11 is 0. The summed E-state index contributed by atoms with van der Waals surface area (Å²) in [7, 11) is 0. The number of carbonyl (C=O) groups excluding carboxylic acids is 1. The zero-order chi connectivity index (χ0) is 18.6. The van der Waals surface area contributed by atoms with E-state index in [1.165, 1.54) is 0 Å². The second-order valence-corrected chi connectivity index (χ2v) is 6.17. The van der Waals surface area contributed by atoms with E-state index in [0.29, 0.717) is 19.4 Å². The fourth-order valence-corrected chi connectivity index (χ4v) is 2.84. The van der Waals surface area contributed by atoms with Gasteiger partial charge < -0.3 is 15.2 Å². The molecule has 2 rings (SSSR count). The number of aryl methyl sites for hydroxylation is 1. The Labute approximate surface area is 143 Å². The third-order valence-corrected chi connectivity index (χ3v) is 4.12. The second-order valence-electron chi connectivity index (χ2n) is 6.17. The molecule has 1 saturated heterocycles. The number of amides is 1. The normalized spacial score (nSPS) is 22.2. The van der Waals surface area contributed by atoms with Gasteiger partial charge in [-0.25, -0.2) is 4.79 Å². The van der Waals surface area contributed by atoms with Gasteiger partial charge in [0.25, 0.3) is 0 Å². The van der Waals surface area contributed by atoms with Gasteiger partial charge in [0.1, 0.15) is 6.04 Å². The summed E-state index contributed by atoms with van der Waals surface area (Å²) in [6, 6.07) is 5.30. The molecule has 3 unspecified atom stereocenters. The zero-order valence-electron chi connectivity index (χ0n) is 13.7. The van der Waals surface area contributed by atoms with E-state index in [1.807, 2.05) is 24.4 Å². The minimum absolute atomic E-state index is 0.419. The lowest BCUT2D eigenvalue weighted by molar-refractivity contribution is -0.161. The van der Waals surface area contributed by atoms with Gasteiger partial charge in [0, 0.05) is 6.61 Å². The Morgan fingerprint density at radius 1 is 1.32 bits per heavy atom. The predicted molar refractivity (Wildman–Crippen MR) is 82.8 cm³/mol. The molecule has 1 aliphatic rings. The Kier molecular flexibility index (Phi) is 6.05. The van der Waals surface area contributed by atoms with E-state index in [0.717, 1.165) is 11.1 Å². The van der Waals surface area contributed by atoms with Gasteiger partial charge in [-0.3, -0.25) is 4.79 Å². The highest BCUT2D eigenvalue weighted by molar-refractivity contribution is 5.85. The maximum absolute atomic E-state index is 12.5. The molecule has 25 heavy (non-hydrogen) atoms. The molecule has 1 heterocycles. The summed E-state index contributed by atoms with van der Waals surface area (Å²) in [5.41, 5.74) is 1.77. The summed E-state index contributed by atoms with van der Waals surface area (Å²) in [6.45, 7) is 2.34. The number of halogens is 3. The Hall–Kier alpha value is -2.09. The van der Waals surface area contributed by atoms with Crippen LogP contribution in [-0.2, 0) is 14.3 Å². The first kappa shape index (κ1) is 19.2. The Balaban J connectivity index is 2.13. The van der Waals surface area contributed by atoms with Crippen LogP contribution < -0.4 is 5.32 Å². The SMILES string of the molecule is Cc1ccc(C2OCCCC2C(=O)NC(CC(F)(F)F)C(=O)O)cc1. The molecule has 0 saturated carbocycles. The van der Waals surface area contributed by atoms with Crippen molar-refractivity contribution in [3.05, 3.63) is 35.4 Å². The number of hydrogen-bond acceptors (Lipinski definition) is 3. The largest absolute Gasteiger partial charge is 0.480 e. The van der Waals surface area contributed by atoms with Crippen LogP contribution in [0, 0.1) is 12.8 Å². The lowest BCUT2D eigenvalue weighted by atomic mass is 9.88. The van der Waals surface area contributed by atoms with Gasteiger partial charge in [-0.15, -0.1) is 0 Å². The number of carboxylic acids is 1. The van der Waals surface area contributed by atoms with Crippen molar-refractivity contribution < 1.29 is 32.6 Å². The van der Waals surface area contributed by atoms with Crippen molar-refractivity contribution in [3.8, 4) is 0 Å². The highest BCUT2D eigenvalue weighted by atomic mass is 19.4. The van der Waals surface area contributed by atoms with Gasteiger partial charge in [-0.05, 0) is 25.3 Å². The zero-order valence-corrected chi connectivity index (χ0v) is 13.7. The Morgan fingerprint density at radius 2 is 1.96 bits per heavy atom. The van der Waals surface area contributed by atoms with Crippen molar-refractivity contribution in [2.45, 2.75) is 44.5 Å². The summed E-state index contributed by atoms with van der Waals surface area (Å²) < 4.78 is 43.1. The van der Waals surface area contributed by atoms with Gasteiger partial charge in [-0.2, -0.15) is 13.2 Å². The molecule has 1 aromatic carbocycles. The highest BCUT2D eigenvalue weighted by Gasteiger charge is 2.39. The van der Waals surface area contributed by atoms with Crippen molar-refractivity contribution in [2.24, 2.45) is 5.92 Å². The molecule has 1 aromatic rings. The molecule has 1 aliphatic heterocycles. The van der Waals surface area contributed by atoms with Crippen LogP contribution in [0.15, 0.2) is 24.3 Å². The number of carbonyl (C=O) groups is 2. The standard InChI is InChI=1S/C17H20F3NO4/c1-10-4-6-11(7-5-10)14-12(3-2-8-25-14)15(22)21-13(16(23)24)9-17(18,19)20/h4-7,12-14H,2-3,8-9H2,1H3,(H,21,22)(H,23,24). The van der Waals surface area contributed by atoms with Crippen LogP contribution in [0.2, 0.25) is 0 Å². The predicted octanol–water partition coefficient (Wildman–Crippen LogP) is 2.98. The van der Waals surface area contributed by atoms with E-state index in [1.54, 1.807) is 12.1 Å². The molecular formula is C17H20F3NO4. The van der Waals surface area contributed by atoms with Crippen LogP contribution in [-0.4, -0.2) is 35.8 Å². The van der Waals surface area contributed by atoms with E-state index < -0.39 is 42.5 Å². The molecule has 5 nitrogen and oxygen atoms in total. The molecule has 0 spiro atoms. The van der Waals surface area contributed by atoms with Gasteiger partial charge in [0.2, 0.25) is 5.91 Å². The minimum atomic E-state index is -4.68. The van der Waals surface area contributed by atoms with Crippen molar-refractivity contribution in [1.82, 2.24) is 5.32 Å². The third-order valence-electron chi connectivity index (χ3n) is 4.12. The van der Waals surface area contributed by atoms with Crippen LogP contribution in [0.4, 0.5) is 13.2 Å². The van der Waals surface area contributed by atoms with Crippen LogP contribution in [0.3, 0.4) is 0 Å². The summed E-state index contributed by atoms with van der Waals surface area (Å²) in [6.07, 6.45) is -5.90. The van der Waals surface area contributed by atoms with Crippen LogP contribution in [0.1, 0.15) is 36.5 Å². The van der Waals surface area contributed by atoms with Crippen molar-refractivity contribution in [2.75, 3.05) is 6.61 Å². The molecule has 0 radical (unpaired) electrons. The number of aliphatic carboxylic acids is 1. The molecule has 2 N–H and O–H groups in total. The average molecular weight is 359 g/mol. The maximum Gasteiger partial charge on any atom is 0.391 e. The van der Waals surface area contributed by atoms with E-state index in [4.69, 9.17) is 9.84 Å². The van der Waals surface area contributed by atoms with Crippen molar-refractivity contribution >= 4 is 11.9 Å². The van der Waals surface area contributed by atoms with Gasteiger partial charge in [0.15, 0.2) is 0 Å². The number of hydrogen-bond donors (Lipinski definition) is 2. The highest BCUT2D eigenvalue weighted by Crippen LogP contribution is 2.34. The average Bonchev–Trinajstić information content (AvgIpc) is 2.53. The Bertz CT molecular complexity index is 615. The van der Waals surface area contributed by atoms with E-state index in [2.05, 4.69) is 0 Å². The van der Waals surface area contributed by atoms with E-state index >= 15 is 0 Å². The first-order chi connectivity index (χ1) is 11.7. The summed E-state index contributed by atoms with van der Waals surface area (Å²) in [5.74, 6) is -3.18. The number of ether oxygens (including phenoxy) is 1. The molecular weight excluding hydrogens is 339 g/mol. The van der Waals surface area contributed by atoms with Crippen LogP contribution in [0.5, 0.6) is 0 Å². The molecule has 3 atom stereocenters. The maximum atomic E-state index is 12.5. The molecule has 138 valence electrons. The number of alkyl halides is 3. The first-order valence-electron chi connectivity index (χ1n) is 7.95. The van der Waals surface area contributed by atoms with Crippen LogP contribution >= 0.6 is 0 Å². The van der Waals surface area contributed by atoms with E-state index in [-0.39, 0.29) is 0 Å². The molecule has 8 heteroatoms. The van der Waals surface area contributed by atoms with Crippen LogP contribution in [0.25, 0.3) is 0 Å². The molecule has 0 aromatic heterocycles. The fourth-order valence-electron chi connectivity index (χ4n) is 2.84. The first-order valence-corrected chi connectivity index (χ1v) is 7.95. The lowest BCUT2D eigenvalue weighted by Gasteiger charge is -2.32. The fraction of sp³-hybridized carbons (Fsp3) is 0.529. The number of nitrogens with one attached hydrogen (secondary N) is 1. The molecule has 0 aliphatic carbocycles. The number of carboxylic acid groups (broad SMARTS) is 1. The Morgan fingerprint density at radius 3 is 2.52 bits per heavy atom. The topological polar surface area (TPSA) is 75.6 Å². The van der Waals surface area contributed by atoms with Crippen molar-refractivity contribution in [3.63, 3.8) is 0 Å². The molecule has 1 amide bonds. The lowest BCUT2D eigenvalue weighted by Crippen LogP contribution is -2.47. The summed E-state index contributed by atoms with van der Waals surface area (Å²) in [5, 5.41) is 11.0. The smallest absolute Gasteiger partial charge is 0.391 e. The van der Waals surface area contributed by atoms with Crippen molar-refractivity contribution in [1.29, 1.82) is 0 Å². The molecule has 1 fully saturated rings. The van der Waals surface area contributed by atoms with Gasteiger partial charge in [0.05, 0.1) is 18.4 Å². The summed E-state index contributed by atoms with van der Waals surface area (Å²) in [4.78, 5) is 23.5. The quantitative estimate of drug-likeness (QED) is 0.848. The number of benzene rings is 1. The number of rotatable bonds is 5. The monoisotopic (exact) mass is 359 g/mol. The molecule has 0 bridgehead atoms. The second kappa shape index (κ2) is 7.86. The van der Waals surface area contributed by atoms with E-state index in [9.17, 15) is 22.8 Å².